The minimum absolute atomic E-state index is 0.0420. The molecule has 17 nitrogen and oxygen atoms in total. The van der Waals surface area contributed by atoms with Crippen molar-refractivity contribution in [3.05, 3.63) is 136 Å². The Morgan fingerprint density at radius 3 is 2.14 bits per heavy atom. The molecule has 0 fully saturated rings. The van der Waals surface area contributed by atoms with Crippen LogP contribution in [-0.4, -0.2) is 97.9 Å². The van der Waals surface area contributed by atoms with Crippen LogP contribution in [0, 0.1) is 12.8 Å². The molecule has 0 aliphatic carbocycles. The van der Waals surface area contributed by atoms with Crippen LogP contribution in [-0.2, 0) is 66.0 Å². The predicted octanol–water partition coefficient (Wildman–Crippen LogP) is 10.7. The van der Waals surface area contributed by atoms with Crippen molar-refractivity contribution in [2.24, 2.45) is 10.9 Å². The number of ether oxygens (including phenoxy) is 3. The van der Waals surface area contributed by atoms with Gasteiger partial charge in [0.15, 0.2) is 23.1 Å². The molecule has 0 radical (unpaired) electrons. The summed E-state index contributed by atoms with van der Waals surface area (Å²) in [5.74, 6) is -0.708. The lowest BCUT2D eigenvalue weighted by molar-refractivity contribution is -0.129. The summed E-state index contributed by atoms with van der Waals surface area (Å²) in [4.78, 5) is 89.8. The van der Waals surface area contributed by atoms with E-state index in [1.165, 1.54) is 28.7 Å². The number of nitrogens with zero attached hydrogens (tertiary/aromatic N) is 3. The number of ketones is 2. The zero-order chi connectivity index (χ0) is 59.3. The van der Waals surface area contributed by atoms with Crippen LogP contribution in [0.5, 0.6) is 17.2 Å². The number of anilines is 3. The maximum atomic E-state index is 14.2. The van der Waals surface area contributed by atoms with Gasteiger partial charge in [-0.1, -0.05) is 71.8 Å². The first-order valence-electron chi connectivity index (χ1n) is 28.0. The second kappa shape index (κ2) is 25.9. The third kappa shape index (κ3) is 13.8. The summed E-state index contributed by atoms with van der Waals surface area (Å²) in [6.45, 7) is 10.8. The van der Waals surface area contributed by atoms with E-state index >= 15 is 0 Å². The van der Waals surface area contributed by atoms with Crippen molar-refractivity contribution >= 4 is 95.9 Å². The first kappa shape index (κ1) is 60.6. The Morgan fingerprint density at radius 1 is 0.795 bits per heavy atom. The van der Waals surface area contributed by atoms with Crippen LogP contribution in [0.3, 0.4) is 0 Å². The molecular weight excluding hydrogens is 1110 g/mol. The van der Waals surface area contributed by atoms with Crippen molar-refractivity contribution in [1.82, 2.24) is 5.32 Å². The third-order valence-electron chi connectivity index (χ3n) is 15.7. The average molecular weight is 1190 g/mol. The first-order chi connectivity index (χ1) is 39.7. The van der Waals surface area contributed by atoms with Gasteiger partial charge in [-0.15, -0.1) is 0 Å². The Hall–Kier alpha value is -7.00. The normalized spacial score (nSPS) is 17.1. The summed E-state index contributed by atoms with van der Waals surface area (Å²) in [5, 5.41) is 4.56. The van der Waals surface area contributed by atoms with E-state index in [4.69, 9.17) is 19.2 Å². The fourth-order valence-electron chi connectivity index (χ4n) is 11.1. The minimum Gasteiger partial charge on any atom is -0.493 e. The second-order valence-electron chi connectivity index (χ2n) is 22.2. The Kier molecular flexibility index (Phi) is 18.9. The number of carbonyl (C=O) groups excluding carboxylic acids is 6. The number of aliphatic imine (C=N–C) groups is 1. The fraction of sp³-hybridized carbons (Fsp3) is 0.413. The smallest absolute Gasteiger partial charge is 0.277 e. The third-order valence-corrected chi connectivity index (χ3v) is 20.8. The fourth-order valence-corrected chi connectivity index (χ4v) is 15.0. The highest BCUT2D eigenvalue weighted by Gasteiger charge is 2.39. The number of rotatable bonds is 25. The van der Waals surface area contributed by atoms with E-state index in [0.29, 0.717) is 75.9 Å². The molecule has 4 aliphatic rings. The van der Waals surface area contributed by atoms with Gasteiger partial charge < -0.3 is 29.7 Å². The number of benzene rings is 5. The molecule has 5 aromatic carbocycles. The van der Waals surface area contributed by atoms with E-state index in [2.05, 4.69) is 20.9 Å². The quantitative estimate of drug-likeness (QED) is 0.0316. The molecule has 83 heavy (non-hydrogen) atoms. The van der Waals surface area contributed by atoms with E-state index in [1.54, 1.807) is 49.9 Å². The molecular formula is C63H71N5O12S3. The van der Waals surface area contributed by atoms with Crippen molar-refractivity contribution in [2.75, 3.05) is 35.1 Å². The van der Waals surface area contributed by atoms with Gasteiger partial charge in [0, 0.05) is 83.0 Å². The van der Waals surface area contributed by atoms with Gasteiger partial charge in [-0.25, -0.2) is 0 Å². The van der Waals surface area contributed by atoms with Crippen LogP contribution in [0.4, 0.5) is 22.7 Å². The number of carbonyl (C=O) groups is 6. The Balaban J connectivity index is 0.863. The molecule has 5 atom stereocenters. The highest BCUT2D eigenvalue weighted by Crippen LogP contribution is 2.43. The average Bonchev–Trinajstić information content (AvgIpc) is 2.80. The van der Waals surface area contributed by atoms with Gasteiger partial charge in [0.25, 0.3) is 21.9 Å². The maximum absolute atomic E-state index is 14.2. The molecule has 438 valence electrons. The summed E-state index contributed by atoms with van der Waals surface area (Å²) in [6.07, 6.45) is 5.34. The molecule has 9 rings (SSSR count). The minimum atomic E-state index is -4.01. The van der Waals surface area contributed by atoms with Gasteiger partial charge in [-0.3, -0.25) is 42.8 Å². The lowest BCUT2D eigenvalue weighted by atomic mass is 9.99. The number of hydrogen-bond acceptors (Lipinski definition) is 15. The highest BCUT2D eigenvalue weighted by atomic mass is 33.1. The number of amides is 4. The molecule has 0 aromatic heterocycles. The van der Waals surface area contributed by atoms with Crippen molar-refractivity contribution in [3.8, 4) is 17.2 Å². The summed E-state index contributed by atoms with van der Waals surface area (Å²) < 4.78 is 47.7. The van der Waals surface area contributed by atoms with Crippen LogP contribution >= 0.6 is 21.6 Å². The molecule has 0 saturated heterocycles. The summed E-state index contributed by atoms with van der Waals surface area (Å²) in [6, 6.07) is 27.6. The standard InChI is InChI=1S/C63H71N5O12S3/c1-9-53(69)58(83(75,76)78-8)21-23-81-82-63(5,6)22-20-59(71)65-39(4)54(70)25-38(3)60(72)66-45-27-40(35-79-55-33-50-49(24-37(55)2)62(74)68-47(34-64-50)30-44-15-11-13-17-52(44)68)26-41(28-45)36-80-57-31-42-18-19-46-29-43-14-10-12-16-51(43)67(46)61(73)48(42)32-56(57)77-7/h10-17,24,26-28,31-34,38-39,46-47,58H,9,18-23,25,29-30,35-36H2,1-8H3,(H,65,71)(H,66,72)/t38-,39-,46+,47-,58?/m0/s1. The van der Waals surface area contributed by atoms with E-state index in [-0.39, 0.29) is 74.5 Å². The molecule has 2 N–H and O–H groups in total. The molecule has 5 aromatic rings. The van der Waals surface area contributed by atoms with Crippen LogP contribution in [0.2, 0.25) is 0 Å². The zero-order valence-electron chi connectivity index (χ0n) is 48.1. The summed E-state index contributed by atoms with van der Waals surface area (Å²) >= 11 is 0. The summed E-state index contributed by atoms with van der Waals surface area (Å²) in [5.41, 5.74) is 9.00. The van der Waals surface area contributed by atoms with Crippen LogP contribution < -0.4 is 34.6 Å². The van der Waals surface area contributed by atoms with Gasteiger partial charge in [0.05, 0.1) is 37.6 Å². The Bertz CT molecular complexity index is 3490. The van der Waals surface area contributed by atoms with Crippen LogP contribution in [0.15, 0.2) is 96.0 Å². The van der Waals surface area contributed by atoms with Gasteiger partial charge >= 0.3 is 0 Å². The van der Waals surface area contributed by atoms with Gasteiger partial charge in [-0.05, 0) is 142 Å². The molecule has 20 heteroatoms. The zero-order valence-corrected chi connectivity index (χ0v) is 50.5. The van der Waals surface area contributed by atoms with Crippen LogP contribution in [0.1, 0.15) is 127 Å². The van der Waals surface area contributed by atoms with Gasteiger partial charge in [-0.2, -0.15) is 8.42 Å². The number of fused-ring (bicyclic) bond motifs is 8. The number of nitrogens with one attached hydrogen (secondary N) is 2. The van der Waals surface area contributed by atoms with Crippen molar-refractivity contribution in [2.45, 2.75) is 141 Å². The Labute approximate surface area is 493 Å². The molecule has 1 unspecified atom stereocenters. The lowest BCUT2D eigenvalue weighted by Crippen LogP contribution is -2.40. The molecule has 0 spiro atoms. The monoisotopic (exact) mass is 1190 g/mol. The van der Waals surface area contributed by atoms with Gasteiger partial charge in [0.1, 0.15) is 24.2 Å². The molecule has 4 aliphatic heterocycles. The number of methoxy groups -OCH3 is 1. The molecule has 4 amide bonds. The number of para-hydroxylation sites is 2. The summed E-state index contributed by atoms with van der Waals surface area (Å²) in [7, 11) is 1.48. The van der Waals surface area contributed by atoms with E-state index in [9.17, 15) is 37.2 Å². The van der Waals surface area contributed by atoms with Crippen molar-refractivity contribution < 1.29 is 55.6 Å². The number of aryl methyl sites for hydroxylation is 2. The van der Waals surface area contributed by atoms with Crippen molar-refractivity contribution in [1.29, 1.82) is 0 Å². The van der Waals surface area contributed by atoms with E-state index in [0.717, 1.165) is 53.6 Å². The number of Topliss-reactive ketones (excluding diaryl/α,β-unsaturated/α-hetero) is 2. The largest absolute Gasteiger partial charge is 0.493 e. The SMILES string of the molecule is CCC(=O)C(CCSSC(C)(C)CCC(=O)N[C@@H](C)C(=O)C[C@H](C)C(=O)Nc1cc(COc2cc3c(cc2C)C(=O)N2c4ccccc4C[C@H]2C=N3)cc(COc2cc3c(cc2OC)C(=O)N2c4ccccc4C[C@H]2CC3)c1)S(=O)(=O)OC. The molecule has 0 bridgehead atoms. The van der Waals surface area contributed by atoms with E-state index in [1.807, 2.05) is 92.5 Å². The molecule has 0 saturated carbocycles. The molecule has 4 heterocycles. The predicted molar refractivity (Wildman–Crippen MR) is 325 cm³/mol. The van der Waals surface area contributed by atoms with E-state index < -0.39 is 43.8 Å². The van der Waals surface area contributed by atoms with Gasteiger partial charge in [0.2, 0.25) is 11.8 Å². The van der Waals surface area contributed by atoms with Crippen molar-refractivity contribution in [3.63, 3.8) is 0 Å². The lowest BCUT2D eigenvalue weighted by Gasteiger charge is -2.24. The maximum Gasteiger partial charge on any atom is 0.277 e. The topological polar surface area (TPSA) is 216 Å². The second-order valence-corrected chi connectivity index (χ2v) is 27.2. The number of hydrogen-bond donors (Lipinski definition) is 2. The van der Waals surface area contributed by atoms with Crippen LogP contribution in [0.25, 0.3) is 0 Å². The Morgan fingerprint density at radius 2 is 1.46 bits per heavy atom. The highest BCUT2D eigenvalue weighted by molar-refractivity contribution is 8.77. The first-order valence-corrected chi connectivity index (χ1v) is 31.8.